The van der Waals surface area contributed by atoms with Gasteiger partial charge in [-0.25, -0.2) is 19.6 Å². The fourth-order valence-electron chi connectivity index (χ4n) is 8.78. The topological polar surface area (TPSA) is 144 Å². The minimum atomic E-state index is -0.571. The summed E-state index contributed by atoms with van der Waals surface area (Å²) in [6.07, 6.45) is 2.43. The molecule has 0 saturated carbocycles. The molecule has 4 aliphatic rings. The summed E-state index contributed by atoms with van der Waals surface area (Å²) in [6, 6.07) is 32.2. The number of urea groups is 2. The average Bonchev–Trinajstić information content (AvgIpc) is 3.61. The van der Waals surface area contributed by atoms with Crippen molar-refractivity contribution >= 4 is 52.0 Å². The van der Waals surface area contributed by atoms with Crippen LogP contribution in [0.2, 0.25) is 0 Å². The number of hydrogen-bond donors (Lipinski definition) is 2. The number of piperazine rings is 2. The van der Waals surface area contributed by atoms with Gasteiger partial charge in [0, 0.05) is 94.0 Å². The van der Waals surface area contributed by atoms with Gasteiger partial charge in [0.2, 0.25) is 0 Å². The summed E-state index contributed by atoms with van der Waals surface area (Å²) in [4.78, 5) is 50.7. The fraction of sp³-hybridized carbons (Fsp3) is 0.348. The maximum atomic E-state index is 12.9. The van der Waals surface area contributed by atoms with Crippen molar-refractivity contribution in [3.05, 3.63) is 103 Å². The van der Waals surface area contributed by atoms with Gasteiger partial charge in [-0.3, -0.25) is 9.80 Å². The number of fused-ring (bicyclic) bond motifs is 2. The average molecular weight is 808 g/mol. The van der Waals surface area contributed by atoms with Crippen molar-refractivity contribution in [3.8, 4) is 22.6 Å². The molecule has 14 heteroatoms. The van der Waals surface area contributed by atoms with E-state index in [4.69, 9.17) is 26.2 Å². The standard InChI is InChI=1S/C46H53N11O3/c1-51-21-25-53(26-22-51)34-11-15-38(16-12-34)56(45(47)58)36-7-3-32(4-8-36)42-29-43(55-30-40-19-20-41(31-55)60-40)50-44(49-42)33-5-9-37(10-6-33)57(46(48)59)39-17-13-35(14-18-39)54-27-23-52(2)24-28-54/h3-18,29,40-41H,19-28,30-31H2,1-2H3,(H2,47,58)(H2,48,59). The molecule has 4 fully saturated rings. The Kier molecular flexibility index (Phi) is 11.0. The van der Waals surface area contributed by atoms with Crippen LogP contribution >= 0.6 is 0 Å². The van der Waals surface area contributed by atoms with Crippen molar-refractivity contribution in [2.45, 2.75) is 25.0 Å². The van der Waals surface area contributed by atoms with Crippen LogP contribution in [-0.4, -0.2) is 124 Å². The van der Waals surface area contributed by atoms with Crippen molar-refractivity contribution in [2.75, 3.05) is 104 Å². The normalized spacial score (nSPS) is 19.7. The van der Waals surface area contributed by atoms with E-state index >= 15 is 0 Å². The van der Waals surface area contributed by atoms with Crippen LogP contribution in [0.15, 0.2) is 103 Å². The first-order chi connectivity index (χ1) is 29.1. The summed E-state index contributed by atoms with van der Waals surface area (Å²) in [5, 5.41) is 0. The minimum absolute atomic E-state index is 0.176. The second-order valence-electron chi connectivity index (χ2n) is 16.4. The molecule has 14 nitrogen and oxygen atoms in total. The summed E-state index contributed by atoms with van der Waals surface area (Å²) in [7, 11) is 4.28. The number of hydrogen-bond acceptors (Lipinski definition) is 10. The number of rotatable bonds is 9. The highest BCUT2D eigenvalue weighted by Gasteiger charge is 2.34. The monoisotopic (exact) mass is 807 g/mol. The number of benzene rings is 4. The Labute approximate surface area is 351 Å². The van der Waals surface area contributed by atoms with Gasteiger partial charge in [-0.15, -0.1) is 0 Å². The van der Waals surface area contributed by atoms with Crippen LogP contribution < -0.4 is 36.0 Å². The Bertz CT molecular complexity index is 2130. The molecule has 4 saturated heterocycles. The number of amides is 4. The molecule has 4 aromatic carbocycles. The number of carbonyl (C=O) groups is 2. The van der Waals surface area contributed by atoms with Crippen LogP contribution in [0.5, 0.6) is 0 Å². The number of aromatic nitrogens is 2. The van der Waals surface area contributed by atoms with E-state index in [0.717, 1.165) is 112 Å². The van der Waals surface area contributed by atoms with Gasteiger partial charge in [0.1, 0.15) is 5.82 Å². The highest BCUT2D eigenvalue weighted by atomic mass is 16.5. The van der Waals surface area contributed by atoms with Crippen molar-refractivity contribution in [3.63, 3.8) is 0 Å². The summed E-state index contributed by atoms with van der Waals surface area (Å²) >= 11 is 0. The van der Waals surface area contributed by atoms with E-state index in [9.17, 15) is 9.59 Å². The lowest BCUT2D eigenvalue weighted by Crippen LogP contribution is -2.44. The van der Waals surface area contributed by atoms with Crippen molar-refractivity contribution in [1.82, 2.24) is 19.8 Å². The van der Waals surface area contributed by atoms with Gasteiger partial charge >= 0.3 is 12.1 Å². The lowest BCUT2D eigenvalue weighted by molar-refractivity contribution is 0.0302. The first-order valence-electron chi connectivity index (χ1n) is 20.9. The molecule has 0 aliphatic carbocycles. The zero-order valence-corrected chi connectivity index (χ0v) is 34.4. The molecule has 5 heterocycles. The van der Waals surface area contributed by atoms with Crippen molar-refractivity contribution in [2.24, 2.45) is 11.5 Å². The minimum Gasteiger partial charge on any atom is -0.371 e. The predicted molar refractivity (Wildman–Crippen MR) is 239 cm³/mol. The maximum absolute atomic E-state index is 12.9. The van der Waals surface area contributed by atoms with E-state index in [-0.39, 0.29) is 12.2 Å². The smallest absolute Gasteiger partial charge is 0.323 e. The van der Waals surface area contributed by atoms with Crippen LogP contribution in [0.3, 0.4) is 0 Å². The molecule has 2 unspecified atom stereocenters. The second-order valence-corrected chi connectivity index (χ2v) is 16.4. The lowest BCUT2D eigenvalue weighted by atomic mass is 10.1. The first-order valence-corrected chi connectivity index (χ1v) is 20.9. The molecule has 310 valence electrons. The number of ether oxygens (including phenoxy) is 1. The summed E-state index contributed by atoms with van der Waals surface area (Å²) < 4.78 is 6.17. The van der Waals surface area contributed by atoms with Gasteiger partial charge in [0.15, 0.2) is 5.82 Å². The van der Waals surface area contributed by atoms with Gasteiger partial charge in [-0.1, -0.05) is 12.1 Å². The highest BCUT2D eigenvalue weighted by molar-refractivity contribution is 5.99. The SMILES string of the molecule is CN1CCN(c2ccc(N(C(N)=O)c3ccc(-c4cc(N5CC6CCC(C5)O6)nc(-c5ccc(N(C(N)=O)c6ccc(N7CCN(C)CC7)cc6)cc5)n4)cc3)cc2)CC1. The fourth-order valence-corrected chi connectivity index (χ4v) is 8.78. The molecule has 4 amide bonds. The van der Waals surface area contributed by atoms with Crippen molar-refractivity contribution < 1.29 is 14.3 Å². The molecule has 2 bridgehead atoms. The van der Waals surface area contributed by atoms with Gasteiger partial charge < -0.3 is 40.7 Å². The zero-order valence-electron chi connectivity index (χ0n) is 34.4. The van der Waals surface area contributed by atoms with Crippen LogP contribution in [0.4, 0.5) is 49.5 Å². The molecule has 4 aliphatic heterocycles. The van der Waals surface area contributed by atoms with Crippen molar-refractivity contribution in [1.29, 1.82) is 0 Å². The van der Waals surface area contributed by atoms with Gasteiger partial charge in [-0.05, 0) is 112 Å². The lowest BCUT2D eigenvalue weighted by Gasteiger charge is -2.34. The zero-order chi connectivity index (χ0) is 41.3. The molecule has 1 aromatic heterocycles. The molecule has 0 radical (unpaired) electrons. The predicted octanol–water partition coefficient (Wildman–Crippen LogP) is 6.12. The third kappa shape index (κ3) is 8.31. The van der Waals surface area contributed by atoms with E-state index in [2.05, 4.69) is 50.7 Å². The Morgan fingerprint density at radius 2 is 0.950 bits per heavy atom. The van der Waals surface area contributed by atoms with E-state index in [1.807, 2.05) is 91.0 Å². The molecule has 5 aromatic rings. The van der Waals surface area contributed by atoms with Crippen LogP contribution in [0.25, 0.3) is 22.6 Å². The Hall–Kier alpha value is -6.22. The molecule has 9 rings (SSSR count). The summed E-state index contributed by atoms with van der Waals surface area (Å²) in [5.74, 6) is 1.38. The van der Waals surface area contributed by atoms with Crippen LogP contribution in [0.1, 0.15) is 12.8 Å². The molecule has 60 heavy (non-hydrogen) atoms. The first kappa shape index (κ1) is 39.3. The van der Waals surface area contributed by atoms with Gasteiger partial charge in [0.05, 0.1) is 40.7 Å². The Morgan fingerprint density at radius 1 is 0.550 bits per heavy atom. The molecule has 2 atom stereocenters. The largest absolute Gasteiger partial charge is 0.371 e. The van der Waals surface area contributed by atoms with Gasteiger partial charge in [0.25, 0.3) is 0 Å². The quantitative estimate of drug-likeness (QED) is 0.179. The highest BCUT2D eigenvalue weighted by Crippen LogP contribution is 2.35. The van der Waals surface area contributed by atoms with Gasteiger partial charge in [-0.2, -0.15) is 0 Å². The Balaban J connectivity index is 0.985. The number of anilines is 7. The van der Waals surface area contributed by atoms with E-state index in [1.165, 1.54) is 9.80 Å². The number of morpholine rings is 1. The number of nitrogens with zero attached hydrogens (tertiary/aromatic N) is 9. The van der Waals surface area contributed by atoms with E-state index in [1.54, 1.807) is 0 Å². The number of likely N-dealkylation sites (N-methyl/N-ethyl adjacent to an activating group) is 2. The van der Waals surface area contributed by atoms with E-state index < -0.39 is 12.1 Å². The summed E-state index contributed by atoms with van der Waals surface area (Å²) in [5.41, 5.74) is 19.3. The molecular formula is C46H53N11O3. The maximum Gasteiger partial charge on any atom is 0.323 e. The third-order valence-electron chi connectivity index (χ3n) is 12.3. The molecular weight excluding hydrogens is 755 g/mol. The molecule has 4 N–H and O–H groups in total. The third-order valence-corrected chi connectivity index (χ3v) is 12.3. The van der Waals surface area contributed by atoms with E-state index in [0.29, 0.717) is 28.6 Å². The number of carbonyl (C=O) groups excluding carboxylic acids is 2. The summed E-state index contributed by atoms with van der Waals surface area (Å²) in [6.45, 7) is 9.40. The van der Waals surface area contributed by atoms with Crippen LogP contribution in [-0.2, 0) is 4.74 Å². The Morgan fingerprint density at radius 3 is 1.37 bits per heavy atom. The number of nitrogens with two attached hydrogens (primary N) is 2. The molecule has 0 spiro atoms. The van der Waals surface area contributed by atoms with Crippen LogP contribution in [0, 0.1) is 0 Å². The second kappa shape index (κ2) is 16.8. The number of primary amides is 2.